The third-order valence-corrected chi connectivity index (χ3v) is 9.34. The van der Waals surface area contributed by atoms with E-state index in [4.69, 9.17) is 23.7 Å². The molecule has 2 fully saturated rings. The predicted octanol–water partition coefficient (Wildman–Crippen LogP) is 5.90. The average molecular weight is 748 g/mol. The van der Waals surface area contributed by atoms with Crippen molar-refractivity contribution in [3.63, 3.8) is 0 Å². The molecule has 3 aromatic carbocycles. The van der Waals surface area contributed by atoms with Gasteiger partial charge >= 0.3 is 18.2 Å². The van der Waals surface area contributed by atoms with Crippen LogP contribution in [-0.4, -0.2) is 74.0 Å². The number of carbonyl (C=O) groups is 4. The van der Waals surface area contributed by atoms with E-state index in [2.05, 4.69) is 16.0 Å². The second kappa shape index (κ2) is 20.4. The molecule has 2 saturated heterocycles. The molecule has 2 aliphatic heterocycles. The molecule has 3 aromatic rings. The minimum absolute atomic E-state index is 0.00482. The average Bonchev–Trinajstić information content (AvgIpc) is 3.17. The number of carbonyl (C=O) groups excluding carboxylic acids is 4. The molecule has 13 heteroatoms. The van der Waals surface area contributed by atoms with Gasteiger partial charge in [-0.3, -0.25) is 4.79 Å². The zero-order chi connectivity index (χ0) is 38.2. The molecule has 0 bridgehead atoms. The van der Waals surface area contributed by atoms with Crippen LogP contribution in [0.3, 0.4) is 0 Å². The molecule has 54 heavy (non-hydrogen) atoms. The highest BCUT2D eigenvalue weighted by atomic mass is 19.1. The minimum Gasteiger partial charge on any atom is -0.464 e. The molecule has 5 atom stereocenters. The van der Waals surface area contributed by atoms with Gasteiger partial charge in [0, 0.05) is 45.2 Å². The molecule has 0 unspecified atom stereocenters. The van der Waals surface area contributed by atoms with Crippen LogP contribution < -0.4 is 16.0 Å². The summed E-state index contributed by atoms with van der Waals surface area (Å²) in [7, 11) is 0. The highest BCUT2D eigenvalue weighted by molar-refractivity contribution is 5.84. The Labute approximate surface area is 315 Å². The first kappa shape index (κ1) is 40.2. The summed E-state index contributed by atoms with van der Waals surface area (Å²) in [6, 6.07) is 24.1. The van der Waals surface area contributed by atoms with Crippen molar-refractivity contribution < 1.29 is 47.3 Å². The van der Waals surface area contributed by atoms with E-state index in [1.165, 1.54) is 12.1 Å². The summed E-state index contributed by atoms with van der Waals surface area (Å²) in [6.45, 7) is 2.51. The molecule has 3 amide bonds. The topological polar surface area (TPSA) is 151 Å². The van der Waals surface area contributed by atoms with Crippen molar-refractivity contribution in [3.05, 3.63) is 107 Å². The predicted molar refractivity (Wildman–Crippen MR) is 197 cm³/mol. The van der Waals surface area contributed by atoms with E-state index in [-0.39, 0.29) is 57.2 Å². The van der Waals surface area contributed by atoms with Crippen LogP contribution in [0.1, 0.15) is 68.6 Å². The Hall–Kier alpha value is -5.01. The zero-order valence-electron chi connectivity index (χ0n) is 30.6. The Kier molecular flexibility index (Phi) is 15.2. The molecule has 1 spiro atoms. The van der Waals surface area contributed by atoms with E-state index in [9.17, 15) is 23.6 Å². The first-order chi connectivity index (χ1) is 26.2. The third-order valence-electron chi connectivity index (χ3n) is 9.34. The van der Waals surface area contributed by atoms with Gasteiger partial charge in [-0.25, -0.2) is 18.8 Å². The second-order valence-electron chi connectivity index (χ2n) is 13.6. The molecule has 5 rings (SSSR count). The third kappa shape index (κ3) is 13.1. The molecule has 2 aliphatic rings. The van der Waals surface area contributed by atoms with E-state index in [0.29, 0.717) is 38.6 Å². The first-order valence-corrected chi connectivity index (χ1v) is 18.7. The van der Waals surface area contributed by atoms with Gasteiger partial charge in [0.2, 0.25) is 5.91 Å². The molecule has 3 N–H and O–H groups in total. The molecule has 12 nitrogen and oxygen atoms in total. The fourth-order valence-electron chi connectivity index (χ4n) is 6.75. The summed E-state index contributed by atoms with van der Waals surface area (Å²) >= 11 is 0. The van der Waals surface area contributed by atoms with Crippen molar-refractivity contribution >= 4 is 24.1 Å². The van der Waals surface area contributed by atoms with E-state index >= 15 is 0 Å². The fraction of sp³-hybridized carbons (Fsp3) is 0.463. The van der Waals surface area contributed by atoms with E-state index in [1.807, 2.05) is 60.7 Å². The lowest BCUT2D eigenvalue weighted by Crippen LogP contribution is -2.54. The minimum atomic E-state index is -1.13. The highest BCUT2D eigenvalue weighted by Crippen LogP contribution is 2.41. The number of amides is 3. The summed E-state index contributed by atoms with van der Waals surface area (Å²) in [5.41, 5.74) is 2.69. The van der Waals surface area contributed by atoms with Gasteiger partial charge in [0.1, 0.15) is 24.6 Å². The fourth-order valence-corrected chi connectivity index (χ4v) is 6.75. The Morgan fingerprint density at radius 1 is 0.852 bits per heavy atom. The second-order valence-corrected chi connectivity index (χ2v) is 13.6. The number of nitrogens with one attached hydrogen (secondary N) is 3. The molecule has 0 aromatic heterocycles. The van der Waals surface area contributed by atoms with Gasteiger partial charge in [-0.2, -0.15) is 0 Å². The summed E-state index contributed by atoms with van der Waals surface area (Å²) < 4.78 is 43.0. The van der Waals surface area contributed by atoms with Crippen LogP contribution in [0.5, 0.6) is 0 Å². The maximum atomic E-state index is 13.3. The normalized spacial score (nSPS) is 21.3. The lowest BCUT2D eigenvalue weighted by Gasteiger charge is -2.47. The van der Waals surface area contributed by atoms with Gasteiger partial charge in [-0.1, -0.05) is 72.8 Å². The van der Waals surface area contributed by atoms with Crippen molar-refractivity contribution in [1.82, 2.24) is 16.0 Å². The molecular formula is C41H50FN3O9. The standard InChI is InChI=1S/C41H50FN3O9/c1-2-50-38(47)36(24-30-10-5-3-6-11-30)45-37(46)20-19-33-25-35(52-40(49)43-23-21-29-15-17-32(42)18-16-29)26-41(53-33)22-9-14-34(54-41)28-51-39(48)44-27-31-12-7-4-8-13-31/h3-8,10-13,15-18,33-36H,2,9,14,19-28H2,1H3,(H,43,49)(H,44,48)(H,45,46)/t33-,34-,35-,36+,41+/m1/s1. The van der Waals surface area contributed by atoms with Crippen LogP contribution in [0.25, 0.3) is 0 Å². The van der Waals surface area contributed by atoms with Crippen LogP contribution in [0, 0.1) is 5.82 Å². The molecule has 290 valence electrons. The Morgan fingerprint density at radius 2 is 1.56 bits per heavy atom. The van der Waals surface area contributed by atoms with Gasteiger partial charge in [0.15, 0.2) is 5.79 Å². The lowest BCUT2D eigenvalue weighted by atomic mass is 9.90. The van der Waals surface area contributed by atoms with Crippen molar-refractivity contribution in [3.8, 4) is 0 Å². The SMILES string of the molecule is CCOC(=O)[C@H](Cc1ccccc1)NC(=O)CC[C@@H]1C[C@@H](OC(=O)NCCc2ccc(F)cc2)C[C@@]2(CCC[C@H](COC(=O)NCc3ccccc3)O2)O1. The van der Waals surface area contributed by atoms with Crippen molar-refractivity contribution in [2.75, 3.05) is 19.8 Å². The van der Waals surface area contributed by atoms with Gasteiger partial charge in [-0.15, -0.1) is 0 Å². The number of benzene rings is 3. The van der Waals surface area contributed by atoms with Gasteiger partial charge in [0.05, 0.1) is 18.8 Å². The van der Waals surface area contributed by atoms with Gasteiger partial charge < -0.3 is 39.6 Å². The van der Waals surface area contributed by atoms with E-state index in [0.717, 1.165) is 16.7 Å². The van der Waals surface area contributed by atoms with Crippen LogP contribution in [-0.2, 0) is 52.7 Å². The van der Waals surface area contributed by atoms with Crippen LogP contribution in [0.4, 0.5) is 14.0 Å². The first-order valence-electron chi connectivity index (χ1n) is 18.7. The summed E-state index contributed by atoms with van der Waals surface area (Å²) in [6.07, 6.45) is 0.747. The number of hydrogen-bond acceptors (Lipinski definition) is 9. The van der Waals surface area contributed by atoms with Crippen LogP contribution >= 0.6 is 0 Å². The van der Waals surface area contributed by atoms with E-state index < -0.39 is 48.3 Å². The molecular weight excluding hydrogens is 697 g/mol. The van der Waals surface area contributed by atoms with E-state index in [1.54, 1.807) is 19.1 Å². The summed E-state index contributed by atoms with van der Waals surface area (Å²) in [4.78, 5) is 51.4. The maximum Gasteiger partial charge on any atom is 0.407 e. The summed E-state index contributed by atoms with van der Waals surface area (Å²) in [5, 5.41) is 8.34. The van der Waals surface area contributed by atoms with Gasteiger partial charge in [0.25, 0.3) is 0 Å². The molecule has 0 radical (unpaired) electrons. The highest BCUT2D eigenvalue weighted by Gasteiger charge is 2.47. The lowest BCUT2D eigenvalue weighted by molar-refractivity contribution is -0.329. The van der Waals surface area contributed by atoms with Crippen molar-refractivity contribution in [2.24, 2.45) is 0 Å². The maximum absolute atomic E-state index is 13.3. The number of alkyl carbamates (subject to hydrolysis) is 2. The Morgan fingerprint density at radius 3 is 2.28 bits per heavy atom. The Balaban J connectivity index is 1.19. The number of ether oxygens (including phenoxy) is 5. The van der Waals surface area contributed by atoms with Crippen LogP contribution in [0.15, 0.2) is 84.9 Å². The molecule has 2 heterocycles. The smallest absolute Gasteiger partial charge is 0.407 e. The zero-order valence-corrected chi connectivity index (χ0v) is 30.6. The van der Waals surface area contributed by atoms with Crippen LogP contribution in [0.2, 0.25) is 0 Å². The summed E-state index contributed by atoms with van der Waals surface area (Å²) in [5.74, 6) is -2.33. The molecule has 0 aliphatic carbocycles. The monoisotopic (exact) mass is 747 g/mol. The number of rotatable bonds is 16. The number of esters is 1. The van der Waals surface area contributed by atoms with Gasteiger partial charge in [-0.05, 0) is 61.4 Å². The Bertz CT molecular complexity index is 1650. The quantitative estimate of drug-likeness (QED) is 0.120. The van der Waals surface area contributed by atoms with Crippen molar-refractivity contribution in [1.29, 1.82) is 0 Å². The van der Waals surface area contributed by atoms with Crippen molar-refractivity contribution in [2.45, 2.75) is 101 Å². The largest absolute Gasteiger partial charge is 0.464 e. The molecule has 0 saturated carbocycles. The number of hydrogen-bond donors (Lipinski definition) is 3. The number of halogens is 1.